The molecule has 0 radical (unpaired) electrons. The monoisotopic (exact) mass is 527 g/mol. The largest absolute Gasteiger partial charge is 0.358 e. The van der Waals surface area contributed by atoms with Gasteiger partial charge >= 0.3 is 0 Å². The minimum Gasteiger partial charge on any atom is -0.358 e. The fraction of sp³-hybridized carbons (Fsp3) is 0.143. The number of aromatic nitrogens is 6. The van der Waals surface area contributed by atoms with Crippen LogP contribution < -0.4 is 5.32 Å². The Hall–Kier alpha value is -4.44. The molecule has 0 aliphatic carbocycles. The van der Waals surface area contributed by atoms with Crippen molar-refractivity contribution in [1.29, 1.82) is 0 Å². The second kappa shape index (κ2) is 9.46. The second-order valence-electron chi connectivity index (χ2n) is 9.49. The normalized spacial score (nSPS) is 11.6. The summed E-state index contributed by atoms with van der Waals surface area (Å²) in [5.74, 6) is 0.484. The number of hydrogen-bond donors (Lipinski definition) is 3. The van der Waals surface area contributed by atoms with E-state index in [4.69, 9.17) is 4.98 Å². The number of pyridine rings is 2. The van der Waals surface area contributed by atoms with Crippen LogP contribution in [-0.2, 0) is 0 Å². The van der Waals surface area contributed by atoms with Crippen LogP contribution in [0.1, 0.15) is 20.3 Å². The Kier molecular flexibility index (Phi) is 5.96. The molecule has 0 spiro atoms. The van der Waals surface area contributed by atoms with Gasteiger partial charge in [0.25, 0.3) is 0 Å². The Labute approximate surface area is 220 Å². The quantitative estimate of drug-likeness (QED) is 0.199. The van der Waals surface area contributed by atoms with E-state index in [9.17, 15) is 4.39 Å². The molecule has 0 fully saturated rings. The molecular formula is C28H23F2N7S. The first-order chi connectivity index (χ1) is 18.4. The predicted molar refractivity (Wildman–Crippen MR) is 148 cm³/mol. The summed E-state index contributed by atoms with van der Waals surface area (Å²) in [6, 6.07) is 10.1. The van der Waals surface area contributed by atoms with Crippen molar-refractivity contribution < 1.29 is 8.78 Å². The van der Waals surface area contributed by atoms with Gasteiger partial charge in [-0.25, -0.2) is 9.37 Å². The summed E-state index contributed by atoms with van der Waals surface area (Å²) < 4.78 is 28.9. The van der Waals surface area contributed by atoms with E-state index in [1.54, 1.807) is 30.7 Å². The van der Waals surface area contributed by atoms with E-state index < -0.39 is 5.82 Å². The van der Waals surface area contributed by atoms with Gasteiger partial charge in [-0.2, -0.15) is 9.49 Å². The molecule has 6 aromatic rings. The minimum atomic E-state index is -0.463. The van der Waals surface area contributed by atoms with Crippen molar-refractivity contribution in [3.05, 3.63) is 78.2 Å². The molecule has 0 saturated heterocycles. The Balaban J connectivity index is 1.41. The lowest BCUT2D eigenvalue weighted by molar-refractivity contribution is 0.636. The van der Waals surface area contributed by atoms with E-state index in [1.807, 2.05) is 12.1 Å². The van der Waals surface area contributed by atoms with Crippen molar-refractivity contribution in [2.45, 2.75) is 20.3 Å². The second-order valence-corrected chi connectivity index (χ2v) is 10.5. The first-order valence-corrected chi connectivity index (χ1v) is 12.9. The van der Waals surface area contributed by atoms with Crippen LogP contribution in [-0.4, -0.2) is 30.1 Å². The summed E-state index contributed by atoms with van der Waals surface area (Å²) >= 11 is 1.00. The summed E-state index contributed by atoms with van der Waals surface area (Å²) in [7, 11) is 0. The Morgan fingerprint density at radius 3 is 2.74 bits per heavy atom. The topological polar surface area (TPSA) is 95.2 Å². The highest BCUT2D eigenvalue weighted by molar-refractivity contribution is 7.13. The third-order valence-electron chi connectivity index (χ3n) is 6.10. The first-order valence-electron chi connectivity index (χ1n) is 12.0. The van der Waals surface area contributed by atoms with Crippen molar-refractivity contribution in [2.75, 3.05) is 5.32 Å². The molecule has 0 saturated carbocycles. The average Bonchev–Trinajstić information content (AvgIpc) is 3.61. The SMILES string of the molecule is C=C(CC(C)C)Nc1cncc(-c2cc(F)c3n[nH]c(-c4nc5c(-c6ccc(F)s6)nccc5[nH]4)c3c2)c1. The van der Waals surface area contributed by atoms with E-state index in [0.717, 1.165) is 40.2 Å². The van der Waals surface area contributed by atoms with Crippen molar-refractivity contribution in [2.24, 2.45) is 5.92 Å². The maximum Gasteiger partial charge on any atom is 0.177 e. The lowest BCUT2D eigenvalue weighted by atomic mass is 10.0. The Morgan fingerprint density at radius 2 is 1.95 bits per heavy atom. The maximum atomic E-state index is 15.2. The zero-order valence-electron chi connectivity index (χ0n) is 20.6. The molecule has 10 heteroatoms. The van der Waals surface area contributed by atoms with Gasteiger partial charge in [-0.1, -0.05) is 20.4 Å². The molecule has 0 bridgehead atoms. The van der Waals surface area contributed by atoms with Crippen molar-refractivity contribution in [3.8, 4) is 33.2 Å². The van der Waals surface area contributed by atoms with E-state index in [1.165, 1.54) is 12.1 Å². The summed E-state index contributed by atoms with van der Waals surface area (Å²) in [6.45, 7) is 8.34. The van der Waals surface area contributed by atoms with Crippen LogP contribution in [0.15, 0.2) is 67.3 Å². The highest BCUT2D eigenvalue weighted by Gasteiger charge is 2.19. The van der Waals surface area contributed by atoms with E-state index in [0.29, 0.717) is 44.5 Å². The maximum absolute atomic E-state index is 15.2. The lowest BCUT2D eigenvalue weighted by Gasteiger charge is -2.12. The molecule has 38 heavy (non-hydrogen) atoms. The van der Waals surface area contributed by atoms with Gasteiger partial charge in [-0.05, 0) is 54.3 Å². The standard InChI is InChI=1S/C28H23F2N7S/c1-14(2)8-15(3)33-18-9-17(12-31-13-18)16-10-19-24(20(29)11-16)36-37-25(19)28-34-21-6-7-32-27(26(21)35-28)22-4-5-23(30)38-22/h4-7,9-14,33H,3,8H2,1-2H3,(H,34,35)(H,36,37). The number of H-pyrrole nitrogens is 2. The number of aromatic amines is 2. The molecule has 0 atom stereocenters. The fourth-order valence-electron chi connectivity index (χ4n) is 4.51. The number of nitrogens with zero attached hydrogens (tertiary/aromatic N) is 4. The number of anilines is 1. The molecule has 0 aliphatic rings. The smallest absolute Gasteiger partial charge is 0.177 e. The van der Waals surface area contributed by atoms with Gasteiger partial charge in [0.05, 0.1) is 22.3 Å². The van der Waals surface area contributed by atoms with Gasteiger partial charge < -0.3 is 10.3 Å². The fourth-order valence-corrected chi connectivity index (χ4v) is 5.24. The molecule has 0 aliphatic heterocycles. The highest BCUT2D eigenvalue weighted by atomic mass is 32.1. The van der Waals surface area contributed by atoms with E-state index in [2.05, 4.69) is 50.9 Å². The summed E-state index contributed by atoms with van der Waals surface area (Å²) in [5.41, 5.74) is 5.69. The average molecular weight is 528 g/mol. The number of allylic oxidation sites excluding steroid dienone is 1. The third-order valence-corrected chi connectivity index (χ3v) is 6.98. The number of hydrogen-bond acceptors (Lipinski definition) is 6. The molecule has 7 nitrogen and oxygen atoms in total. The van der Waals surface area contributed by atoms with Gasteiger partial charge in [0.1, 0.15) is 22.4 Å². The molecule has 3 N–H and O–H groups in total. The van der Waals surface area contributed by atoms with Crippen LogP contribution in [0.3, 0.4) is 0 Å². The number of benzene rings is 1. The number of rotatable bonds is 7. The molecule has 6 rings (SSSR count). The third kappa shape index (κ3) is 4.43. The molecule has 0 unspecified atom stereocenters. The van der Waals surface area contributed by atoms with Crippen LogP contribution in [0, 0.1) is 16.9 Å². The van der Waals surface area contributed by atoms with Gasteiger partial charge in [0, 0.05) is 29.0 Å². The number of halogens is 2. The van der Waals surface area contributed by atoms with Crippen LogP contribution in [0.5, 0.6) is 0 Å². The Bertz CT molecular complexity index is 1820. The summed E-state index contributed by atoms with van der Waals surface area (Å²) in [6.07, 6.45) is 5.88. The lowest BCUT2D eigenvalue weighted by Crippen LogP contribution is -2.02. The highest BCUT2D eigenvalue weighted by Crippen LogP contribution is 2.35. The first kappa shape index (κ1) is 23.9. The molecule has 190 valence electrons. The van der Waals surface area contributed by atoms with Crippen molar-refractivity contribution >= 4 is 39.0 Å². The van der Waals surface area contributed by atoms with Crippen LogP contribution in [0.25, 0.3) is 55.2 Å². The van der Waals surface area contributed by atoms with Crippen LogP contribution >= 0.6 is 11.3 Å². The molecule has 1 aromatic carbocycles. The van der Waals surface area contributed by atoms with E-state index >= 15 is 4.39 Å². The number of imidazole rings is 1. The molecule has 5 heterocycles. The zero-order chi connectivity index (χ0) is 26.4. The minimum absolute atomic E-state index is 0.204. The number of fused-ring (bicyclic) bond motifs is 2. The van der Waals surface area contributed by atoms with Crippen LogP contribution in [0.2, 0.25) is 0 Å². The Morgan fingerprint density at radius 1 is 1.08 bits per heavy atom. The van der Waals surface area contributed by atoms with Gasteiger partial charge in [0.15, 0.2) is 16.8 Å². The molecular weight excluding hydrogens is 504 g/mol. The zero-order valence-corrected chi connectivity index (χ0v) is 21.5. The van der Waals surface area contributed by atoms with Crippen molar-refractivity contribution in [1.82, 2.24) is 30.1 Å². The number of thiophene rings is 1. The van der Waals surface area contributed by atoms with Gasteiger partial charge in [-0.3, -0.25) is 15.1 Å². The summed E-state index contributed by atoms with van der Waals surface area (Å²) in [4.78, 5) is 17.4. The number of nitrogens with one attached hydrogen (secondary N) is 3. The van der Waals surface area contributed by atoms with Crippen LogP contribution in [0.4, 0.5) is 14.5 Å². The van der Waals surface area contributed by atoms with Gasteiger partial charge in [-0.15, -0.1) is 11.3 Å². The molecule has 0 amide bonds. The molecule has 5 aromatic heterocycles. The van der Waals surface area contributed by atoms with Gasteiger partial charge in [0.2, 0.25) is 0 Å². The van der Waals surface area contributed by atoms with Crippen molar-refractivity contribution in [3.63, 3.8) is 0 Å². The predicted octanol–water partition coefficient (Wildman–Crippen LogP) is 7.54. The summed E-state index contributed by atoms with van der Waals surface area (Å²) in [5, 5.41) is 10.7. The van der Waals surface area contributed by atoms with E-state index in [-0.39, 0.29) is 10.6 Å².